The fraction of sp³-hybridized carbons (Fsp3) is 0.625. The SMILES string of the molecule is CC(=O)N1CC2(C[C@H](COCc3ccccn3)CN2C)C1. The molecule has 5 heteroatoms. The smallest absolute Gasteiger partial charge is 0.219 e. The van der Waals surface area contributed by atoms with Crippen molar-refractivity contribution in [1.82, 2.24) is 14.8 Å². The zero-order valence-corrected chi connectivity index (χ0v) is 12.8. The second kappa shape index (κ2) is 5.73. The van der Waals surface area contributed by atoms with Crippen LogP contribution < -0.4 is 0 Å². The number of ether oxygens (including phenoxy) is 1. The van der Waals surface area contributed by atoms with E-state index in [2.05, 4.69) is 16.9 Å². The zero-order chi connectivity index (χ0) is 14.9. The molecule has 3 rings (SSSR count). The van der Waals surface area contributed by atoms with Gasteiger partial charge in [0.05, 0.1) is 24.4 Å². The number of likely N-dealkylation sites (N-methyl/N-ethyl adjacent to an activating group) is 1. The summed E-state index contributed by atoms with van der Waals surface area (Å²) in [6.07, 6.45) is 2.91. The van der Waals surface area contributed by atoms with E-state index in [9.17, 15) is 4.79 Å². The Morgan fingerprint density at radius 2 is 2.29 bits per heavy atom. The Morgan fingerprint density at radius 3 is 2.95 bits per heavy atom. The van der Waals surface area contributed by atoms with Crippen LogP contribution in [0.2, 0.25) is 0 Å². The van der Waals surface area contributed by atoms with E-state index in [1.54, 1.807) is 13.1 Å². The van der Waals surface area contributed by atoms with Gasteiger partial charge in [-0.1, -0.05) is 6.07 Å². The Kier molecular flexibility index (Phi) is 3.95. The third kappa shape index (κ3) is 2.94. The highest BCUT2D eigenvalue weighted by molar-refractivity contribution is 5.74. The van der Waals surface area contributed by atoms with Gasteiger partial charge < -0.3 is 9.64 Å². The van der Waals surface area contributed by atoms with Gasteiger partial charge in [-0.2, -0.15) is 0 Å². The maximum Gasteiger partial charge on any atom is 0.219 e. The van der Waals surface area contributed by atoms with Gasteiger partial charge in [0.2, 0.25) is 5.91 Å². The van der Waals surface area contributed by atoms with Crippen molar-refractivity contribution in [3.63, 3.8) is 0 Å². The summed E-state index contributed by atoms with van der Waals surface area (Å²) in [4.78, 5) is 20.0. The highest BCUT2D eigenvalue weighted by atomic mass is 16.5. The number of carbonyl (C=O) groups excluding carboxylic acids is 1. The Hall–Kier alpha value is -1.46. The van der Waals surface area contributed by atoms with Crippen molar-refractivity contribution in [3.8, 4) is 0 Å². The maximum atomic E-state index is 11.4. The van der Waals surface area contributed by atoms with Crippen molar-refractivity contribution >= 4 is 5.91 Å². The quantitative estimate of drug-likeness (QED) is 0.834. The molecule has 0 radical (unpaired) electrons. The molecule has 1 atom stereocenters. The van der Waals surface area contributed by atoms with Crippen molar-refractivity contribution in [2.24, 2.45) is 5.92 Å². The van der Waals surface area contributed by atoms with Gasteiger partial charge in [0.25, 0.3) is 0 Å². The first kappa shape index (κ1) is 14.5. The van der Waals surface area contributed by atoms with Crippen molar-refractivity contribution in [1.29, 1.82) is 0 Å². The first-order valence-electron chi connectivity index (χ1n) is 7.53. The van der Waals surface area contributed by atoms with Crippen molar-refractivity contribution < 1.29 is 9.53 Å². The highest BCUT2D eigenvalue weighted by Crippen LogP contribution is 2.39. The Labute approximate surface area is 125 Å². The van der Waals surface area contributed by atoms with Crippen molar-refractivity contribution in [2.75, 3.05) is 33.3 Å². The lowest BCUT2D eigenvalue weighted by atomic mass is 9.84. The minimum atomic E-state index is 0.184. The molecular weight excluding hydrogens is 266 g/mol. The molecular formula is C16H23N3O2. The minimum absolute atomic E-state index is 0.184. The predicted octanol–water partition coefficient (Wildman–Crippen LogP) is 1.15. The summed E-state index contributed by atoms with van der Waals surface area (Å²) < 4.78 is 5.82. The third-order valence-corrected chi connectivity index (χ3v) is 4.76. The van der Waals surface area contributed by atoms with E-state index in [-0.39, 0.29) is 11.4 Å². The summed E-state index contributed by atoms with van der Waals surface area (Å²) >= 11 is 0. The van der Waals surface area contributed by atoms with Crippen LogP contribution in [0.15, 0.2) is 24.4 Å². The van der Waals surface area contributed by atoms with E-state index in [0.717, 1.165) is 38.4 Å². The summed E-state index contributed by atoms with van der Waals surface area (Å²) in [5.41, 5.74) is 1.18. The molecule has 2 aliphatic rings. The van der Waals surface area contributed by atoms with Gasteiger partial charge in [-0.15, -0.1) is 0 Å². The molecule has 0 N–H and O–H groups in total. The number of nitrogens with zero attached hydrogens (tertiary/aromatic N) is 3. The molecule has 0 aromatic carbocycles. The van der Waals surface area contributed by atoms with Gasteiger partial charge in [0.1, 0.15) is 0 Å². The third-order valence-electron chi connectivity index (χ3n) is 4.76. The molecule has 114 valence electrons. The Balaban J connectivity index is 1.45. The molecule has 1 aromatic heterocycles. The first-order valence-corrected chi connectivity index (χ1v) is 7.53. The largest absolute Gasteiger partial charge is 0.375 e. The lowest BCUT2D eigenvalue weighted by Crippen LogP contribution is -2.67. The minimum Gasteiger partial charge on any atom is -0.375 e. The fourth-order valence-corrected chi connectivity index (χ4v) is 3.52. The second-order valence-corrected chi connectivity index (χ2v) is 6.39. The maximum absolute atomic E-state index is 11.4. The number of amides is 1. The molecule has 0 saturated carbocycles. The number of hydrogen-bond acceptors (Lipinski definition) is 4. The molecule has 1 aromatic rings. The molecule has 5 nitrogen and oxygen atoms in total. The molecule has 0 unspecified atom stereocenters. The lowest BCUT2D eigenvalue weighted by molar-refractivity contribution is -0.141. The molecule has 21 heavy (non-hydrogen) atoms. The lowest BCUT2D eigenvalue weighted by Gasteiger charge is -2.51. The van der Waals surface area contributed by atoms with Crippen LogP contribution in [0.5, 0.6) is 0 Å². The fourth-order valence-electron chi connectivity index (χ4n) is 3.52. The number of pyridine rings is 1. The molecule has 2 fully saturated rings. The van der Waals surface area contributed by atoms with E-state index >= 15 is 0 Å². The van der Waals surface area contributed by atoms with Gasteiger partial charge >= 0.3 is 0 Å². The average molecular weight is 289 g/mol. The number of aromatic nitrogens is 1. The standard InChI is InChI=1S/C16H23N3O2/c1-13(20)19-11-16(12-19)7-14(8-18(16)2)9-21-10-15-5-3-4-6-17-15/h3-6,14H,7-12H2,1-2H3/t14-/m0/s1. The van der Waals surface area contributed by atoms with Crippen LogP contribution in [-0.2, 0) is 16.1 Å². The van der Waals surface area contributed by atoms with Crippen LogP contribution in [0, 0.1) is 5.92 Å². The molecule has 1 amide bonds. The number of likely N-dealkylation sites (tertiary alicyclic amines) is 2. The number of carbonyl (C=O) groups is 1. The number of rotatable bonds is 4. The molecule has 3 heterocycles. The Bertz CT molecular complexity index is 500. The molecule has 0 aliphatic carbocycles. The molecule has 0 bridgehead atoms. The van der Waals surface area contributed by atoms with Gasteiger partial charge in [0.15, 0.2) is 0 Å². The van der Waals surface area contributed by atoms with Gasteiger partial charge in [-0.25, -0.2) is 0 Å². The van der Waals surface area contributed by atoms with Crippen molar-refractivity contribution in [3.05, 3.63) is 30.1 Å². The van der Waals surface area contributed by atoms with E-state index in [1.165, 1.54) is 0 Å². The van der Waals surface area contributed by atoms with Crippen LogP contribution in [0.1, 0.15) is 19.0 Å². The molecule has 2 saturated heterocycles. The van der Waals surface area contributed by atoms with Crippen LogP contribution in [-0.4, -0.2) is 59.5 Å². The van der Waals surface area contributed by atoms with E-state index in [0.29, 0.717) is 12.5 Å². The van der Waals surface area contributed by atoms with Crippen LogP contribution in [0.3, 0.4) is 0 Å². The normalized spacial score (nSPS) is 24.3. The van der Waals surface area contributed by atoms with E-state index in [4.69, 9.17) is 4.74 Å². The second-order valence-electron chi connectivity index (χ2n) is 6.39. The summed E-state index contributed by atoms with van der Waals surface area (Å²) in [6, 6.07) is 5.88. The summed E-state index contributed by atoms with van der Waals surface area (Å²) in [5, 5.41) is 0. The summed E-state index contributed by atoms with van der Waals surface area (Å²) in [6.45, 7) is 5.78. The topological polar surface area (TPSA) is 45.7 Å². The van der Waals surface area contributed by atoms with E-state index in [1.807, 2.05) is 23.1 Å². The number of hydrogen-bond donors (Lipinski definition) is 0. The predicted molar refractivity (Wildman–Crippen MR) is 79.6 cm³/mol. The van der Waals surface area contributed by atoms with Gasteiger partial charge in [0, 0.05) is 32.8 Å². The van der Waals surface area contributed by atoms with E-state index < -0.39 is 0 Å². The highest BCUT2D eigenvalue weighted by Gasteiger charge is 2.52. The van der Waals surface area contributed by atoms with Crippen LogP contribution in [0.25, 0.3) is 0 Å². The monoisotopic (exact) mass is 289 g/mol. The first-order chi connectivity index (χ1) is 10.1. The zero-order valence-electron chi connectivity index (χ0n) is 12.8. The van der Waals surface area contributed by atoms with Crippen molar-refractivity contribution in [2.45, 2.75) is 25.5 Å². The van der Waals surface area contributed by atoms with Gasteiger partial charge in [-0.3, -0.25) is 14.7 Å². The summed E-state index contributed by atoms with van der Waals surface area (Å²) in [7, 11) is 2.16. The van der Waals surface area contributed by atoms with Gasteiger partial charge in [-0.05, 0) is 31.5 Å². The molecule has 1 spiro atoms. The van der Waals surface area contributed by atoms with Crippen LogP contribution >= 0.6 is 0 Å². The Morgan fingerprint density at radius 1 is 1.48 bits per heavy atom. The summed E-state index contributed by atoms with van der Waals surface area (Å²) in [5.74, 6) is 0.733. The molecule has 2 aliphatic heterocycles. The van der Waals surface area contributed by atoms with Crippen LogP contribution in [0.4, 0.5) is 0 Å². The average Bonchev–Trinajstić information content (AvgIpc) is 2.75.